The SMILES string of the molecule is S=P1(c2ccccc2Cl)NN=C2N=C(c3ccc(Br)cc3)C(c3ccc(Br)cc3)=NN21. The van der Waals surface area contributed by atoms with Crippen LogP contribution in [0.15, 0.2) is 96.9 Å². The van der Waals surface area contributed by atoms with Crippen molar-refractivity contribution in [2.75, 3.05) is 0 Å². The van der Waals surface area contributed by atoms with E-state index in [1.54, 1.807) is 4.78 Å². The summed E-state index contributed by atoms with van der Waals surface area (Å²) in [6, 6.07) is 23.4. The van der Waals surface area contributed by atoms with E-state index in [9.17, 15) is 0 Å². The van der Waals surface area contributed by atoms with Gasteiger partial charge in [-0.15, -0.1) is 5.10 Å². The second-order valence-electron chi connectivity index (χ2n) is 6.75. The summed E-state index contributed by atoms with van der Waals surface area (Å²) in [4.78, 5) is 4.86. The first-order valence-electron chi connectivity index (χ1n) is 9.16. The summed E-state index contributed by atoms with van der Waals surface area (Å²) in [7, 11) is 0. The summed E-state index contributed by atoms with van der Waals surface area (Å²) in [6.07, 6.45) is -2.62. The lowest BCUT2D eigenvalue weighted by Crippen LogP contribution is -2.34. The number of rotatable bonds is 3. The normalized spacial score (nSPS) is 19.8. The number of nitrogens with zero attached hydrogens (tertiary/aromatic N) is 4. The maximum Gasteiger partial charge on any atom is 0.269 e. The lowest BCUT2D eigenvalue weighted by Gasteiger charge is -2.29. The van der Waals surface area contributed by atoms with Crippen molar-refractivity contribution in [2.24, 2.45) is 15.2 Å². The minimum Gasteiger partial charge on any atom is -0.255 e. The van der Waals surface area contributed by atoms with Crippen LogP contribution in [0.1, 0.15) is 11.1 Å². The molecule has 1 N–H and O–H groups in total. The highest BCUT2D eigenvalue weighted by Crippen LogP contribution is 2.51. The van der Waals surface area contributed by atoms with E-state index >= 15 is 0 Å². The number of benzene rings is 3. The molecule has 0 saturated heterocycles. The Labute approximate surface area is 206 Å². The zero-order valence-electron chi connectivity index (χ0n) is 15.7. The van der Waals surface area contributed by atoms with Gasteiger partial charge in [-0.25, -0.2) is 4.99 Å². The molecule has 2 aliphatic heterocycles. The minimum atomic E-state index is -2.62. The molecule has 0 aliphatic carbocycles. The van der Waals surface area contributed by atoms with E-state index < -0.39 is 6.34 Å². The lowest BCUT2D eigenvalue weighted by molar-refractivity contribution is 0.719. The van der Waals surface area contributed by atoms with Crippen molar-refractivity contribution in [3.05, 3.63) is 97.9 Å². The van der Waals surface area contributed by atoms with Crippen LogP contribution in [0.25, 0.3) is 0 Å². The molecule has 10 heteroatoms. The second-order valence-corrected chi connectivity index (χ2v) is 12.8. The Bertz CT molecular complexity index is 1320. The minimum absolute atomic E-state index is 0.432. The molecule has 5 nitrogen and oxygen atoms in total. The van der Waals surface area contributed by atoms with Gasteiger partial charge in [-0.2, -0.15) is 9.88 Å². The average molecular weight is 594 g/mol. The van der Waals surface area contributed by atoms with Gasteiger partial charge in [0.25, 0.3) is 5.96 Å². The number of guanidine groups is 1. The highest BCUT2D eigenvalue weighted by molar-refractivity contribution is 9.10. The van der Waals surface area contributed by atoms with Gasteiger partial charge in [-0.05, 0) is 48.2 Å². The van der Waals surface area contributed by atoms with Crippen LogP contribution >= 0.6 is 49.8 Å². The Balaban J connectivity index is 1.67. The smallest absolute Gasteiger partial charge is 0.255 e. The molecule has 0 saturated carbocycles. The molecule has 0 radical (unpaired) electrons. The summed E-state index contributed by atoms with van der Waals surface area (Å²) < 4.78 is 3.70. The maximum absolute atomic E-state index is 6.48. The number of hydrazone groups is 2. The molecule has 1 unspecified atom stereocenters. The third-order valence-electron chi connectivity index (χ3n) is 4.78. The largest absolute Gasteiger partial charge is 0.269 e. The van der Waals surface area contributed by atoms with Gasteiger partial charge < -0.3 is 0 Å². The van der Waals surface area contributed by atoms with Crippen molar-refractivity contribution in [1.29, 1.82) is 0 Å². The van der Waals surface area contributed by atoms with Crippen LogP contribution in [0.2, 0.25) is 5.02 Å². The number of halogens is 3. The number of hydrogen-bond donors (Lipinski definition) is 1. The second kappa shape index (κ2) is 8.26. The Hall–Kier alpha value is -1.83. The number of nitrogens with one attached hydrogen (secondary N) is 1. The highest BCUT2D eigenvalue weighted by atomic mass is 79.9. The fraction of sp³-hybridized carbons (Fsp3) is 0. The van der Waals surface area contributed by atoms with Crippen molar-refractivity contribution in [2.45, 2.75) is 0 Å². The van der Waals surface area contributed by atoms with Gasteiger partial charge in [0.05, 0.1) is 5.02 Å². The summed E-state index contributed by atoms with van der Waals surface area (Å²) >= 11 is 19.5. The highest BCUT2D eigenvalue weighted by Gasteiger charge is 2.41. The van der Waals surface area contributed by atoms with Crippen LogP contribution in [-0.4, -0.2) is 22.2 Å². The first-order chi connectivity index (χ1) is 15.0. The van der Waals surface area contributed by atoms with Crippen LogP contribution in [0.4, 0.5) is 0 Å². The van der Waals surface area contributed by atoms with Gasteiger partial charge in [0.15, 0.2) is 6.34 Å². The molecule has 31 heavy (non-hydrogen) atoms. The van der Waals surface area contributed by atoms with E-state index in [1.165, 1.54) is 0 Å². The molecule has 0 bridgehead atoms. The monoisotopic (exact) mass is 591 g/mol. The number of aliphatic imine (C=N–C) groups is 1. The maximum atomic E-state index is 6.48. The van der Waals surface area contributed by atoms with Crippen LogP contribution in [0, 0.1) is 0 Å². The molecule has 1 atom stereocenters. The molecule has 0 amide bonds. The first-order valence-corrected chi connectivity index (χ1v) is 13.9. The van der Waals surface area contributed by atoms with E-state index in [4.69, 9.17) is 33.5 Å². The predicted molar refractivity (Wildman–Crippen MR) is 139 cm³/mol. The van der Waals surface area contributed by atoms with Crippen molar-refractivity contribution in [3.8, 4) is 0 Å². The van der Waals surface area contributed by atoms with Crippen molar-refractivity contribution < 1.29 is 0 Å². The first kappa shape index (κ1) is 21.0. The van der Waals surface area contributed by atoms with Gasteiger partial charge in [-0.3, -0.25) is 5.20 Å². The number of fused-ring (bicyclic) bond motifs is 1. The third-order valence-corrected chi connectivity index (χ3v) is 9.81. The Kier molecular flexibility index (Phi) is 5.61. The molecule has 5 rings (SSSR count). The van der Waals surface area contributed by atoms with Crippen molar-refractivity contribution >= 4 is 84.3 Å². The van der Waals surface area contributed by atoms with Gasteiger partial charge in [0, 0.05) is 25.4 Å². The molecule has 154 valence electrons. The van der Waals surface area contributed by atoms with Crippen molar-refractivity contribution in [1.82, 2.24) is 9.98 Å². The third kappa shape index (κ3) is 3.81. The van der Waals surface area contributed by atoms with E-state index in [1.807, 2.05) is 72.8 Å². The van der Waals surface area contributed by atoms with E-state index in [2.05, 4.69) is 42.2 Å². The van der Waals surface area contributed by atoms with E-state index in [0.717, 1.165) is 36.8 Å². The summed E-state index contributed by atoms with van der Waals surface area (Å²) in [5.41, 5.74) is 3.31. The van der Waals surface area contributed by atoms with Crippen molar-refractivity contribution in [3.63, 3.8) is 0 Å². The summed E-state index contributed by atoms with van der Waals surface area (Å²) in [5, 5.41) is 13.9. The quantitative estimate of drug-likeness (QED) is 0.386. The summed E-state index contributed by atoms with van der Waals surface area (Å²) in [6.45, 7) is 0. The topological polar surface area (TPSA) is 52.4 Å². The molecule has 3 aromatic rings. The Morgan fingerprint density at radius 3 is 2.03 bits per heavy atom. The van der Waals surface area contributed by atoms with Crippen LogP contribution in [0.3, 0.4) is 0 Å². The van der Waals surface area contributed by atoms with E-state index in [-0.39, 0.29) is 0 Å². The fourth-order valence-electron chi connectivity index (χ4n) is 3.26. The van der Waals surface area contributed by atoms with Gasteiger partial charge in [-0.1, -0.05) is 79.9 Å². The molecule has 3 aromatic carbocycles. The zero-order chi connectivity index (χ0) is 21.6. The lowest BCUT2D eigenvalue weighted by atomic mass is 9.99. The molecule has 2 heterocycles. The molecule has 0 spiro atoms. The molecular weight excluding hydrogens is 581 g/mol. The van der Waals surface area contributed by atoms with Crippen LogP contribution < -0.4 is 10.5 Å². The molecule has 0 fully saturated rings. The molecular formula is C21H13Br2ClN5PS. The van der Waals surface area contributed by atoms with Crippen LogP contribution in [0.5, 0.6) is 0 Å². The number of hydrogen-bond acceptors (Lipinski definition) is 4. The zero-order valence-corrected chi connectivity index (χ0v) is 21.3. The predicted octanol–water partition coefficient (Wildman–Crippen LogP) is 5.88. The molecule has 2 aliphatic rings. The fourth-order valence-corrected chi connectivity index (χ4v) is 7.20. The van der Waals surface area contributed by atoms with Gasteiger partial charge >= 0.3 is 0 Å². The van der Waals surface area contributed by atoms with Gasteiger partial charge in [0.1, 0.15) is 11.4 Å². The van der Waals surface area contributed by atoms with Gasteiger partial charge in [0.2, 0.25) is 0 Å². The summed E-state index contributed by atoms with van der Waals surface area (Å²) in [5.74, 6) is 0.432. The van der Waals surface area contributed by atoms with Crippen LogP contribution in [-0.2, 0) is 11.8 Å². The standard InChI is InChI=1S/C21H13Br2ClN5PS/c22-15-9-5-13(6-10-15)19-20(14-7-11-16(23)12-8-14)27-29-21(25-19)26-28-30(29,31)18-4-2-1-3-17(18)24/h1-12H,(H,28,31). The Morgan fingerprint density at radius 2 is 1.42 bits per heavy atom. The molecule has 0 aromatic heterocycles. The average Bonchev–Trinajstić information content (AvgIpc) is 3.11. The Morgan fingerprint density at radius 1 is 0.839 bits per heavy atom. The van der Waals surface area contributed by atoms with E-state index in [0.29, 0.717) is 11.0 Å².